The lowest BCUT2D eigenvalue weighted by Crippen LogP contribution is -2.39. The Labute approximate surface area is 149 Å². The number of benzene rings is 2. The number of carbonyl (C=O) groups is 2. The third-order valence-electron chi connectivity index (χ3n) is 4.73. The van der Waals surface area contributed by atoms with E-state index in [1.807, 2.05) is 6.07 Å². The van der Waals surface area contributed by atoms with Gasteiger partial charge in [-0.25, -0.2) is 4.39 Å². The maximum Gasteiger partial charge on any atom is 0.260 e. The molecule has 1 aliphatic heterocycles. The first-order valence-corrected chi connectivity index (χ1v) is 8.30. The van der Waals surface area contributed by atoms with Crippen LogP contribution in [0.25, 0.3) is 10.9 Å². The zero-order valence-electron chi connectivity index (χ0n) is 13.9. The summed E-state index contributed by atoms with van der Waals surface area (Å²) in [6, 6.07) is 13.2. The van der Waals surface area contributed by atoms with E-state index in [4.69, 9.17) is 5.73 Å². The van der Waals surface area contributed by atoms with Gasteiger partial charge in [-0.3, -0.25) is 14.6 Å². The maximum absolute atomic E-state index is 14.0. The third kappa shape index (κ3) is 2.60. The van der Waals surface area contributed by atoms with E-state index in [0.29, 0.717) is 35.1 Å². The molecular weight excluding hydrogens is 333 g/mol. The van der Waals surface area contributed by atoms with Gasteiger partial charge in [-0.2, -0.15) is 0 Å². The molecule has 0 fully saturated rings. The summed E-state index contributed by atoms with van der Waals surface area (Å²) in [5, 5.41) is 0.566. The van der Waals surface area contributed by atoms with Gasteiger partial charge in [0.2, 0.25) is 5.91 Å². The van der Waals surface area contributed by atoms with Crippen LogP contribution in [0.3, 0.4) is 0 Å². The Morgan fingerprint density at radius 1 is 1.15 bits per heavy atom. The molecule has 1 aromatic heterocycles. The lowest BCUT2D eigenvalue weighted by Gasteiger charge is -2.33. The molecule has 4 rings (SSSR count). The molecule has 2 heterocycles. The number of aromatic nitrogens is 1. The minimum absolute atomic E-state index is 0.202. The number of rotatable bonds is 2. The summed E-state index contributed by atoms with van der Waals surface area (Å²) < 4.78 is 14.0. The number of nitrogens with two attached hydrogens (primary N) is 1. The van der Waals surface area contributed by atoms with Crippen LogP contribution in [0.15, 0.2) is 54.7 Å². The summed E-state index contributed by atoms with van der Waals surface area (Å²) >= 11 is 0. The Morgan fingerprint density at radius 3 is 2.77 bits per heavy atom. The number of halogens is 1. The smallest absolute Gasteiger partial charge is 0.260 e. The average Bonchev–Trinajstić information content (AvgIpc) is 2.65. The standard InChI is InChI=1S/C20H16FN3O2/c21-13-10-12-4-3-8-23-18(12)16(11-13)20(26)24-9-7-15(19(22)25)14-5-1-2-6-17(14)24/h1-6,8,10-11,15H,7,9H2,(H2,22,25)/t15-/m1/s1. The molecule has 6 heteroatoms. The predicted octanol–water partition coefficient (Wildman–Crippen LogP) is 2.99. The summed E-state index contributed by atoms with van der Waals surface area (Å²) in [5.41, 5.74) is 7.50. The number of hydrogen-bond donors (Lipinski definition) is 1. The summed E-state index contributed by atoms with van der Waals surface area (Å²) in [5.74, 6) is -1.68. The Kier molecular flexibility index (Phi) is 3.88. The molecule has 0 aliphatic carbocycles. The molecule has 2 N–H and O–H groups in total. The fraction of sp³-hybridized carbons (Fsp3) is 0.150. The van der Waals surface area contributed by atoms with E-state index in [2.05, 4.69) is 4.98 Å². The van der Waals surface area contributed by atoms with E-state index < -0.39 is 17.6 Å². The highest BCUT2D eigenvalue weighted by atomic mass is 19.1. The zero-order chi connectivity index (χ0) is 18.3. The highest BCUT2D eigenvalue weighted by Crippen LogP contribution is 2.36. The summed E-state index contributed by atoms with van der Waals surface area (Å²) in [6.45, 7) is 0.328. The Balaban J connectivity index is 1.83. The van der Waals surface area contributed by atoms with Gasteiger partial charge in [0, 0.05) is 23.8 Å². The number of anilines is 1. The van der Waals surface area contributed by atoms with Gasteiger partial charge in [-0.15, -0.1) is 0 Å². The third-order valence-corrected chi connectivity index (χ3v) is 4.73. The minimum Gasteiger partial charge on any atom is -0.369 e. The molecule has 130 valence electrons. The number of nitrogens with zero attached hydrogens (tertiary/aromatic N) is 2. The average molecular weight is 349 g/mol. The second kappa shape index (κ2) is 6.22. The molecule has 0 saturated heterocycles. The van der Waals surface area contributed by atoms with Crippen LogP contribution in [0.4, 0.5) is 10.1 Å². The summed E-state index contributed by atoms with van der Waals surface area (Å²) in [6.07, 6.45) is 2.00. The van der Waals surface area contributed by atoms with Crippen molar-refractivity contribution in [2.75, 3.05) is 11.4 Å². The van der Waals surface area contributed by atoms with Gasteiger partial charge in [0.25, 0.3) is 5.91 Å². The van der Waals surface area contributed by atoms with Gasteiger partial charge < -0.3 is 10.6 Å². The molecule has 0 radical (unpaired) electrons. The minimum atomic E-state index is -0.492. The van der Waals surface area contributed by atoms with E-state index in [1.165, 1.54) is 12.1 Å². The van der Waals surface area contributed by atoms with Crippen molar-refractivity contribution in [3.05, 3.63) is 71.7 Å². The fourth-order valence-electron chi connectivity index (χ4n) is 3.53. The van der Waals surface area contributed by atoms with Crippen molar-refractivity contribution < 1.29 is 14.0 Å². The van der Waals surface area contributed by atoms with Gasteiger partial charge in [-0.1, -0.05) is 24.3 Å². The molecular formula is C20H16FN3O2. The number of fused-ring (bicyclic) bond motifs is 2. The normalized spacial score (nSPS) is 16.3. The van der Waals surface area contributed by atoms with Crippen LogP contribution >= 0.6 is 0 Å². The molecule has 3 aromatic rings. The van der Waals surface area contributed by atoms with E-state index >= 15 is 0 Å². The summed E-state index contributed by atoms with van der Waals surface area (Å²) in [4.78, 5) is 30.8. The number of primary amides is 1. The quantitative estimate of drug-likeness (QED) is 0.773. The monoisotopic (exact) mass is 349 g/mol. The molecule has 26 heavy (non-hydrogen) atoms. The van der Waals surface area contributed by atoms with Crippen LogP contribution in [0.2, 0.25) is 0 Å². The number of pyridine rings is 1. The Morgan fingerprint density at radius 2 is 1.96 bits per heavy atom. The Bertz CT molecular complexity index is 1030. The van der Waals surface area contributed by atoms with Crippen molar-refractivity contribution in [1.29, 1.82) is 0 Å². The van der Waals surface area contributed by atoms with Crippen LogP contribution in [0.5, 0.6) is 0 Å². The molecule has 2 amide bonds. The zero-order valence-corrected chi connectivity index (χ0v) is 13.9. The van der Waals surface area contributed by atoms with Crippen molar-refractivity contribution >= 4 is 28.4 Å². The van der Waals surface area contributed by atoms with E-state index in [0.717, 1.165) is 0 Å². The van der Waals surface area contributed by atoms with Crippen molar-refractivity contribution in [2.45, 2.75) is 12.3 Å². The molecule has 5 nitrogen and oxygen atoms in total. The SMILES string of the molecule is NC(=O)[C@@H]1CCN(C(=O)c2cc(F)cc3cccnc23)c2ccccc21. The number of carbonyl (C=O) groups excluding carboxylic acids is 2. The Hall–Kier alpha value is -3.28. The molecule has 0 spiro atoms. The van der Waals surface area contributed by atoms with Gasteiger partial charge in [-0.05, 0) is 36.2 Å². The highest BCUT2D eigenvalue weighted by molar-refractivity contribution is 6.13. The predicted molar refractivity (Wildman–Crippen MR) is 96.4 cm³/mol. The first-order chi connectivity index (χ1) is 12.6. The van der Waals surface area contributed by atoms with Crippen LogP contribution in [-0.4, -0.2) is 23.3 Å². The molecule has 1 atom stereocenters. The topological polar surface area (TPSA) is 76.3 Å². The van der Waals surface area contributed by atoms with Gasteiger partial charge >= 0.3 is 0 Å². The molecule has 0 saturated carbocycles. The number of hydrogen-bond acceptors (Lipinski definition) is 3. The van der Waals surface area contributed by atoms with Gasteiger partial charge in [0.1, 0.15) is 5.82 Å². The second-order valence-electron chi connectivity index (χ2n) is 6.29. The molecule has 0 bridgehead atoms. The van der Waals surface area contributed by atoms with Crippen molar-refractivity contribution in [2.24, 2.45) is 5.73 Å². The number of amides is 2. The number of para-hydroxylation sites is 1. The maximum atomic E-state index is 14.0. The largest absolute Gasteiger partial charge is 0.369 e. The van der Waals surface area contributed by atoms with Crippen molar-refractivity contribution in [3.8, 4) is 0 Å². The first-order valence-electron chi connectivity index (χ1n) is 8.30. The van der Waals surface area contributed by atoms with E-state index in [-0.39, 0.29) is 11.5 Å². The lowest BCUT2D eigenvalue weighted by molar-refractivity contribution is -0.119. The first kappa shape index (κ1) is 16.2. The van der Waals surface area contributed by atoms with Gasteiger partial charge in [0.15, 0.2) is 0 Å². The second-order valence-corrected chi connectivity index (χ2v) is 6.29. The molecule has 1 aliphatic rings. The fourth-order valence-corrected chi connectivity index (χ4v) is 3.53. The van der Waals surface area contributed by atoms with Crippen LogP contribution in [-0.2, 0) is 4.79 Å². The van der Waals surface area contributed by atoms with Crippen molar-refractivity contribution in [3.63, 3.8) is 0 Å². The lowest BCUT2D eigenvalue weighted by atomic mass is 9.89. The van der Waals surface area contributed by atoms with Crippen LogP contribution in [0, 0.1) is 5.82 Å². The van der Waals surface area contributed by atoms with E-state index in [9.17, 15) is 14.0 Å². The highest BCUT2D eigenvalue weighted by Gasteiger charge is 2.32. The summed E-state index contributed by atoms with van der Waals surface area (Å²) in [7, 11) is 0. The van der Waals surface area contributed by atoms with E-state index in [1.54, 1.807) is 41.4 Å². The molecule has 0 unspecified atom stereocenters. The van der Waals surface area contributed by atoms with Crippen LogP contribution < -0.4 is 10.6 Å². The van der Waals surface area contributed by atoms with Crippen molar-refractivity contribution in [1.82, 2.24) is 4.98 Å². The molecule has 2 aromatic carbocycles. The van der Waals surface area contributed by atoms with Gasteiger partial charge in [0.05, 0.1) is 17.0 Å². The van der Waals surface area contributed by atoms with Crippen LogP contribution in [0.1, 0.15) is 28.3 Å².